The molecule has 0 rings (SSSR count). The molecular weight excluding hydrogens is 356 g/mol. The van der Waals surface area contributed by atoms with Crippen molar-refractivity contribution < 1.29 is 9.90 Å². The highest BCUT2D eigenvalue weighted by molar-refractivity contribution is 7.81. The molecule has 3 unspecified atom stereocenters. The summed E-state index contributed by atoms with van der Waals surface area (Å²) in [6.07, 6.45) is 9.29. The number of allylic oxidation sites excluding steroid dienone is 3. The molecule has 1 N–H and O–H groups in total. The van der Waals surface area contributed by atoms with Crippen molar-refractivity contribution >= 4 is 18.5 Å². The van der Waals surface area contributed by atoms with E-state index in [4.69, 9.17) is 12.6 Å². The lowest BCUT2D eigenvalue weighted by Crippen LogP contribution is -2.48. The Balaban J connectivity index is 5.17. The second kappa shape index (κ2) is 12.5. The van der Waals surface area contributed by atoms with Crippen molar-refractivity contribution in [3.63, 3.8) is 0 Å². The summed E-state index contributed by atoms with van der Waals surface area (Å²) >= 11 is 4.80. The van der Waals surface area contributed by atoms with E-state index < -0.39 is 11.0 Å². The summed E-state index contributed by atoms with van der Waals surface area (Å²) in [5, 5.41) is 10.7. The molecule has 0 aromatic carbocycles. The Kier molecular flexibility index (Phi) is 12.1. The predicted molar refractivity (Wildman–Crippen MR) is 120 cm³/mol. The second-order valence-electron chi connectivity index (χ2n) is 7.96. The molecule has 0 saturated carbocycles. The number of hydrogen-bond acceptors (Lipinski definition) is 4. The van der Waals surface area contributed by atoms with Crippen LogP contribution in [0.3, 0.4) is 0 Å². The maximum absolute atomic E-state index is 12.6. The van der Waals surface area contributed by atoms with Gasteiger partial charge >= 0.3 is 0 Å². The molecule has 4 atom stereocenters. The molecule has 5 heteroatoms. The van der Waals surface area contributed by atoms with Crippen molar-refractivity contribution in [2.24, 2.45) is 11.8 Å². The van der Waals surface area contributed by atoms with E-state index in [2.05, 4.69) is 33.8 Å². The normalized spacial score (nSPS) is 18.1. The first-order chi connectivity index (χ1) is 12.5. The van der Waals surface area contributed by atoms with E-state index in [1.54, 1.807) is 9.80 Å². The number of hydrogen-bond donors (Lipinski definition) is 2. The number of rotatable bonds is 12. The third-order valence-corrected chi connectivity index (χ3v) is 6.27. The fraction of sp³-hybridized carbons (Fsp3) is 0.773. The molecule has 0 aromatic rings. The van der Waals surface area contributed by atoms with Crippen LogP contribution in [0.5, 0.6) is 0 Å². The van der Waals surface area contributed by atoms with Gasteiger partial charge in [0.1, 0.15) is 6.23 Å². The third-order valence-electron chi connectivity index (χ3n) is 5.60. The number of amides is 1. The molecule has 27 heavy (non-hydrogen) atoms. The number of carbonyl (C=O) groups is 1. The SMILES string of the molecule is C/C=C/N(C)C(O)C(C)(S)[C@@H](C)C/C(=C\CC)N(C)C(=O)CCC(C)CC. The van der Waals surface area contributed by atoms with Crippen molar-refractivity contribution in [2.45, 2.75) is 84.6 Å². The lowest BCUT2D eigenvalue weighted by atomic mass is 9.88. The van der Waals surface area contributed by atoms with Crippen LogP contribution in [0.2, 0.25) is 0 Å². The molecule has 0 fully saturated rings. The van der Waals surface area contributed by atoms with Crippen molar-refractivity contribution in [3.05, 3.63) is 24.0 Å². The quantitative estimate of drug-likeness (QED) is 0.356. The summed E-state index contributed by atoms with van der Waals surface area (Å²) in [6.45, 7) is 12.4. The molecule has 0 heterocycles. The Morgan fingerprint density at radius 2 is 1.85 bits per heavy atom. The highest BCUT2D eigenvalue weighted by Crippen LogP contribution is 2.35. The maximum Gasteiger partial charge on any atom is 0.226 e. The van der Waals surface area contributed by atoms with Crippen molar-refractivity contribution in [3.8, 4) is 0 Å². The van der Waals surface area contributed by atoms with Crippen LogP contribution in [0.4, 0.5) is 0 Å². The van der Waals surface area contributed by atoms with Crippen molar-refractivity contribution in [1.29, 1.82) is 0 Å². The van der Waals surface area contributed by atoms with E-state index in [9.17, 15) is 9.90 Å². The van der Waals surface area contributed by atoms with E-state index in [-0.39, 0.29) is 11.8 Å². The van der Waals surface area contributed by atoms with Crippen LogP contribution in [0.25, 0.3) is 0 Å². The van der Waals surface area contributed by atoms with Crippen molar-refractivity contribution in [1.82, 2.24) is 9.80 Å². The summed E-state index contributed by atoms with van der Waals surface area (Å²) < 4.78 is -0.623. The monoisotopic (exact) mass is 398 g/mol. The summed E-state index contributed by atoms with van der Waals surface area (Å²) in [6, 6.07) is 0. The van der Waals surface area contributed by atoms with Gasteiger partial charge in [-0.25, -0.2) is 0 Å². The van der Waals surface area contributed by atoms with E-state index in [0.29, 0.717) is 18.8 Å². The third kappa shape index (κ3) is 8.30. The molecule has 158 valence electrons. The fourth-order valence-corrected chi connectivity index (χ4v) is 3.27. The van der Waals surface area contributed by atoms with Crippen LogP contribution < -0.4 is 0 Å². The van der Waals surface area contributed by atoms with Gasteiger partial charge in [0.2, 0.25) is 5.91 Å². The van der Waals surface area contributed by atoms with Gasteiger partial charge in [-0.05, 0) is 51.1 Å². The highest BCUT2D eigenvalue weighted by atomic mass is 32.1. The standard InChI is InChI=1S/C22H42N2O2S/c1-9-12-19(24(8)20(25)14-13-17(4)11-3)16-18(5)22(6,27)21(26)23(7)15-10-2/h10,12,15,17-18,21,26-27H,9,11,13-14,16H2,1-8H3/b15-10+,19-12+/t17?,18-,21?,22?/m0/s1. The van der Waals surface area contributed by atoms with E-state index in [0.717, 1.165) is 25.0 Å². The molecule has 0 bridgehead atoms. The average molecular weight is 399 g/mol. The molecular formula is C22H42N2O2S. The first kappa shape index (κ1) is 26.1. The van der Waals surface area contributed by atoms with E-state index >= 15 is 0 Å². The Morgan fingerprint density at radius 3 is 2.33 bits per heavy atom. The van der Waals surface area contributed by atoms with Crippen LogP contribution in [-0.2, 0) is 4.79 Å². The minimum Gasteiger partial charge on any atom is -0.372 e. The minimum atomic E-state index is -0.721. The predicted octanol–water partition coefficient (Wildman–Crippen LogP) is 5.06. The number of aliphatic hydroxyl groups excluding tert-OH is 1. The van der Waals surface area contributed by atoms with Gasteiger partial charge in [-0.2, -0.15) is 12.6 Å². The Labute approximate surface area is 173 Å². The van der Waals surface area contributed by atoms with Gasteiger partial charge in [-0.1, -0.05) is 46.3 Å². The maximum atomic E-state index is 12.6. The van der Waals surface area contributed by atoms with E-state index in [1.165, 1.54) is 0 Å². The minimum absolute atomic E-state index is 0.0751. The van der Waals surface area contributed by atoms with Gasteiger partial charge in [0.15, 0.2) is 0 Å². The van der Waals surface area contributed by atoms with E-state index in [1.807, 2.05) is 40.2 Å². The van der Waals surface area contributed by atoms with Gasteiger partial charge in [0.05, 0.1) is 4.75 Å². The van der Waals surface area contributed by atoms with Gasteiger partial charge in [0, 0.05) is 26.2 Å². The molecule has 0 spiro atoms. The zero-order chi connectivity index (χ0) is 21.2. The van der Waals surface area contributed by atoms with Crippen LogP contribution in [0, 0.1) is 11.8 Å². The number of aliphatic hydroxyl groups is 1. The highest BCUT2D eigenvalue weighted by Gasteiger charge is 2.37. The van der Waals surface area contributed by atoms with Gasteiger partial charge in [-0.15, -0.1) is 0 Å². The van der Waals surface area contributed by atoms with Gasteiger partial charge < -0.3 is 14.9 Å². The lowest BCUT2D eigenvalue weighted by Gasteiger charge is -2.40. The Bertz CT molecular complexity index is 503. The van der Waals surface area contributed by atoms with Crippen LogP contribution in [-0.4, -0.2) is 45.9 Å². The molecule has 0 saturated heterocycles. The molecule has 0 aromatic heterocycles. The Hall–Kier alpha value is -0.940. The largest absolute Gasteiger partial charge is 0.372 e. The number of thiol groups is 1. The molecule has 4 nitrogen and oxygen atoms in total. The summed E-state index contributed by atoms with van der Waals surface area (Å²) in [7, 11) is 3.71. The first-order valence-electron chi connectivity index (χ1n) is 10.2. The average Bonchev–Trinajstić information content (AvgIpc) is 2.63. The zero-order valence-electron chi connectivity index (χ0n) is 18.7. The topological polar surface area (TPSA) is 43.8 Å². The van der Waals surface area contributed by atoms with Crippen LogP contribution in [0.15, 0.2) is 24.0 Å². The van der Waals surface area contributed by atoms with Crippen molar-refractivity contribution in [2.75, 3.05) is 14.1 Å². The Morgan fingerprint density at radius 1 is 1.26 bits per heavy atom. The first-order valence-corrected chi connectivity index (χ1v) is 10.7. The lowest BCUT2D eigenvalue weighted by molar-refractivity contribution is -0.128. The van der Waals surface area contributed by atoms with Gasteiger partial charge in [0.25, 0.3) is 0 Å². The zero-order valence-corrected chi connectivity index (χ0v) is 19.6. The smallest absolute Gasteiger partial charge is 0.226 e. The molecule has 0 aliphatic carbocycles. The van der Waals surface area contributed by atoms with Crippen LogP contribution in [0.1, 0.15) is 73.6 Å². The second-order valence-corrected chi connectivity index (χ2v) is 8.92. The molecule has 0 aliphatic heterocycles. The summed E-state index contributed by atoms with van der Waals surface area (Å²) in [5.74, 6) is 0.804. The van der Waals surface area contributed by atoms with Crippen LogP contribution >= 0.6 is 12.6 Å². The number of nitrogens with zero attached hydrogens (tertiary/aromatic N) is 2. The summed E-state index contributed by atoms with van der Waals surface area (Å²) in [5.41, 5.74) is 1.01. The molecule has 1 amide bonds. The number of carbonyl (C=O) groups excluding carboxylic acids is 1. The molecule has 0 radical (unpaired) electrons. The molecule has 0 aliphatic rings. The fourth-order valence-electron chi connectivity index (χ4n) is 3.00. The summed E-state index contributed by atoms with van der Waals surface area (Å²) in [4.78, 5) is 16.2. The van der Waals surface area contributed by atoms with Gasteiger partial charge in [-0.3, -0.25) is 4.79 Å².